The molecular weight excluding hydrogens is 138 g/mol. The molecule has 11 heavy (non-hydrogen) atoms. The van der Waals surface area contributed by atoms with E-state index in [9.17, 15) is 4.79 Å². The molecule has 0 aliphatic heterocycles. The van der Waals surface area contributed by atoms with E-state index in [1.54, 1.807) is 24.3 Å². The number of rotatable bonds is 2. The number of hydrogen-bond donors (Lipinski definition) is 1. The van der Waals surface area contributed by atoms with Crippen molar-refractivity contribution in [2.75, 3.05) is 0 Å². The summed E-state index contributed by atoms with van der Waals surface area (Å²) in [4.78, 5) is 10.9. The topological polar surface area (TPSA) is 43.1 Å². The Balaban J connectivity index is 3.06. The monoisotopic (exact) mass is 150 g/mol. The highest BCUT2D eigenvalue weighted by Crippen LogP contribution is 2.12. The summed E-state index contributed by atoms with van der Waals surface area (Å²) in [6.45, 7) is 1.49. The Labute approximate surface area is 67.4 Å². The molecule has 2 nitrogen and oxygen atoms in total. The van der Waals surface area contributed by atoms with Crippen LogP contribution in [0.25, 0.3) is 0 Å². The zero-order valence-corrected chi connectivity index (χ0v) is 6.37. The zero-order valence-electron chi connectivity index (χ0n) is 7.37. The maximum absolute atomic E-state index is 10.9. The van der Waals surface area contributed by atoms with Crippen molar-refractivity contribution in [3.63, 3.8) is 0 Å². The Bertz CT molecular complexity index is 282. The quantitative estimate of drug-likeness (QED) is 0.678. The van der Waals surface area contributed by atoms with Gasteiger partial charge in [0.15, 0.2) is 0 Å². The van der Waals surface area contributed by atoms with Crippen LogP contribution in [0.2, 0.25) is 0 Å². The van der Waals surface area contributed by atoms with Crippen molar-refractivity contribution in [3.05, 3.63) is 35.9 Å². The van der Waals surface area contributed by atoms with Gasteiger partial charge in [0.25, 0.3) is 0 Å². The summed E-state index contributed by atoms with van der Waals surface area (Å²) in [6, 6.07) is 8.84. The van der Waals surface area contributed by atoms with E-state index in [2.05, 4.69) is 0 Å². The minimum absolute atomic E-state index is 0.623. The average molecular weight is 150 g/mol. The Morgan fingerprint density at radius 2 is 2.09 bits per heavy atom. The number of nitrogens with two attached hydrogens (primary N) is 1. The van der Waals surface area contributed by atoms with E-state index in [-0.39, 0.29) is 0 Å². The summed E-state index contributed by atoms with van der Waals surface area (Å²) in [5, 5.41) is 0. The van der Waals surface area contributed by atoms with Gasteiger partial charge in [-0.3, -0.25) is 4.79 Å². The first-order valence-corrected chi connectivity index (χ1v) is 3.40. The van der Waals surface area contributed by atoms with Crippen molar-refractivity contribution < 1.29 is 6.17 Å². The minimum atomic E-state index is -1.32. The highest BCUT2D eigenvalue weighted by molar-refractivity contribution is 5.81. The van der Waals surface area contributed by atoms with Crippen LogP contribution >= 0.6 is 0 Å². The molecule has 0 saturated heterocycles. The summed E-state index contributed by atoms with van der Waals surface area (Å²) in [5.41, 5.74) is 5.70. The maximum atomic E-state index is 10.9. The molecule has 0 bridgehead atoms. The van der Waals surface area contributed by atoms with Gasteiger partial charge in [-0.05, 0) is 12.5 Å². The minimum Gasteiger partial charge on any atom is -0.369 e. The fraction of sp³-hybridized carbons (Fsp3) is 0.222. The van der Waals surface area contributed by atoms with Crippen LogP contribution in [0.4, 0.5) is 0 Å². The summed E-state index contributed by atoms with van der Waals surface area (Å²) in [7, 11) is 0. The molecule has 0 spiro atoms. The molecule has 0 fully saturated rings. The van der Waals surface area contributed by atoms with Crippen LogP contribution in [0.15, 0.2) is 30.3 Å². The average Bonchev–Trinajstić information content (AvgIpc) is 2.06. The smallest absolute Gasteiger partial charge is 0.224 e. The number of hydrogen-bond acceptors (Lipinski definition) is 1. The molecule has 0 aliphatic carbocycles. The molecule has 1 unspecified atom stereocenters. The molecule has 1 aromatic carbocycles. The standard InChI is InChI=1S/C9H11NO/c1-7(9(10)11)8-5-3-2-4-6-8/h2-7H,1H3,(H2,10,11)/i7D. The van der Waals surface area contributed by atoms with Crippen LogP contribution in [0.1, 0.15) is 19.8 Å². The summed E-state index contributed by atoms with van der Waals surface area (Å²) in [6.07, 6.45) is 0. The highest BCUT2D eigenvalue weighted by Gasteiger charge is 2.09. The van der Waals surface area contributed by atoms with Gasteiger partial charge in [0, 0.05) is 1.37 Å². The zero-order chi connectivity index (χ0) is 9.19. The lowest BCUT2D eigenvalue weighted by atomic mass is 10.0. The SMILES string of the molecule is [2H]C(C)(C(N)=O)c1ccccc1. The molecule has 1 aromatic rings. The molecule has 0 heterocycles. The van der Waals surface area contributed by atoms with Crippen molar-refractivity contribution in [2.24, 2.45) is 5.73 Å². The first-order valence-electron chi connectivity index (χ1n) is 3.90. The number of amides is 1. The lowest BCUT2D eigenvalue weighted by Crippen LogP contribution is -2.18. The first kappa shape index (κ1) is 6.40. The Morgan fingerprint density at radius 1 is 1.55 bits per heavy atom. The lowest BCUT2D eigenvalue weighted by molar-refractivity contribution is -0.119. The van der Waals surface area contributed by atoms with Crippen LogP contribution in [0.3, 0.4) is 0 Å². The van der Waals surface area contributed by atoms with Crippen molar-refractivity contribution >= 4 is 5.91 Å². The first-order chi connectivity index (χ1) is 5.55. The van der Waals surface area contributed by atoms with E-state index in [1.807, 2.05) is 6.07 Å². The molecule has 0 radical (unpaired) electrons. The molecular formula is C9H11NO. The van der Waals surface area contributed by atoms with Gasteiger partial charge >= 0.3 is 0 Å². The molecule has 2 heteroatoms. The second-order valence-electron chi connectivity index (χ2n) is 2.36. The van der Waals surface area contributed by atoms with E-state index >= 15 is 0 Å². The molecule has 1 amide bonds. The van der Waals surface area contributed by atoms with E-state index in [0.717, 1.165) is 0 Å². The van der Waals surface area contributed by atoms with Gasteiger partial charge in [0.2, 0.25) is 5.91 Å². The fourth-order valence-electron chi connectivity index (χ4n) is 0.830. The van der Waals surface area contributed by atoms with Gasteiger partial charge < -0.3 is 5.73 Å². The number of primary amides is 1. The molecule has 1 atom stereocenters. The van der Waals surface area contributed by atoms with Gasteiger partial charge in [-0.15, -0.1) is 0 Å². The predicted molar refractivity (Wildman–Crippen MR) is 44.1 cm³/mol. The maximum Gasteiger partial charge on any atom is 0.224 e. The van der Waals surface area contributed by atoms with Crippen molar-refractivity contribution in [1.29, 1.82) is 0 Å². The van der Waals surface area contributed by atoms with Crippen LogP contribution < -0.4 is 5.73 Å². The van der Waals surface area contributed by atoms with Crippen molar-refractivity contribution in [1.82, 2.24) is 0 Å². The summed E-state index contributed by atoms with van der Waals surface area (Å²) < 4.78 is 7.65. The molecule has 2 N–H and O–H groups in total. The van der Waals surface area contributed by atoms with E-state index in [4.69, 9.17) is 7.10 Å². The van der Waals surface area contributed by atoms with Crippen LogP contribution in [0, 0.1) is 0 Å². The van der Waals surface area contributed by atoms with E-state index < -0.39 is 11.8 Å². The Hall–Kier alpha value is -1.31. The molecule has 0 saturated carbocycles. The number of benzene rings is 1. The molecule has 1 rings (SSSR count). The predicted octanol–water partition coefficient (Wildman–Crippen LogP) is 1.28. The van der Waals surface area contributed by atoms with Gasteiger partial charge in [0.1, 0.15) is 0 Å². The molecule has 0 aliphatic rings. The van der Waals surface area contributed by atoms with Gasteiger partial charge in [0.05, 0.1) is 5.89 Å². The summed E-state index contributed by atoms with van der Waals surface area (Å²) in [5.74, 6) is -1.95. The van der Waals surface area contributed by atoms with Crippen molar-refractivity contribution in [2.45, 2.75) is 12.8 Å². The Kier molecular flexibility index (Phi) is 1.86. The third-order valence-corrected chi connectivity index (χ3v) is 1.58. The second kappa shape index (κ2) is 3.19. The number of carbonyl (C=O) groups is 1. The van der Waals surface area contributed by atoms with Crippen molar-refractivity contribution in [3.8, 4) is 0 Å². The van der Waals surface area contributed by atoms with Crippen LogP contribution in [-0.2, 0) is 4.79 Å². The largest absolute Gasteiger partial charge is 0.369 e. The van der Waals surface area contributed by atoms with Crippen LogP contribution in [0.5, 0.6) is 0 Å². The summed E-state index contributed by atoms with van der Waals surface area (Å²) >= 11 is 0. The highest BCUT2D eigenvalue weighted by atomic mass is 16.1. The lowest BCUT2D eigenvalue weighted by Gasteiger charge is -2.05. The second-order valence-corrected chi connectivity index (χ2v) is 2.36. The Morgan fingerprint density at radius 3 is 2.55 bits per heavy atom. The normalized spacial score (nSPS) is 16.6. The van der Waals surface area contributed by atoms with E-state index in [0.29, 0.717) is 5.56 Å². The van der Waals surface area contributed by atoms with Gasteiger partial charge in [-0.25, -0.2) is 0 Å². The fourth-order valence-corrected chi connectivity index (χ4v) is 0.830. The molecule has 0 aromatic heterocycles. The van der Waals surface area contributed by atoms with E-state index in [1.165, 1.54) is 6.92 Å². The van der Waals surface area contributed by atoms with Crippen LogP contribution in [-0.4, -0.2) is 5.91 Å². The van der Waals surface area contributed by atoms with Gasteiger partial charge in [-0.2, -0.15) is 0 Å². The number of carbonyl (C=O) groups excluding carboxylic acids is 1. The van der Waals surface area contributed by atoms with Gasteiger partial charge in [-0.1, -0.05) is 30.3 Å². The third kappa shape index (κ3) is 1.80. The molecule has 58 valence electrons. The third-order valence-electron chi connectivity index (χ3n) is 1.58.